The number of benzene rings is 1. The maximum Gasteiger partial charge on any atom is 0.252 e. The number of H-pyrrole nitrogens is 2. The number of ether oxygens (including phenoxy) is 1. The molecule has 18 heavy (non-hydrogen) atoms. The number of aromatic amines is 2. The monoisotopic (exact) mass is 262 g/mol. The molecular weight excluding hydrogens is 248 g/mol. The minimum Gasteiger partial charge on any atom is -0.491 e. The van der Waals surface area contributed by atoms with Crippen LogP contribution in [0.25, 0.3) is 11.3 Å². The van der Waals surface area contributed by atoms with Gasteiger partial charge in [0.25, 0.3) is 5.56 Å². The molecule has 1 heterocycles. The molecule has 0 atom stereocenters. The van der Waals surface area contributed by atoms with Gasteiger partial charge in [0.15, 0.2) is 4.77 Å². The molecular formula is C13H14N2O2S. The molecule has 0 amide bonds. The summed E-state index contributed by atoms with van der Waals surface area (Å²) in [6.07, 6.45) is 0.140. The lowest BCUT2D eigenvalue weighted by Crippen LogP contribution is -2.06. The first-order chi connectivity index (χ1) is 8.54. The Morgan fingerprint density at radius 3 is 2.39 bits per heavy atom. The quantitative estimate of drug-likeness (QED) is 0.836. The maximum absolute atomic E-state index is 11.3. The maximum atomic E-state index is 11.3. The van der Waals surface area contributed by atoms with Crippen molar-refractivity contribution in [1.29, 1.82) is 0 Å². The number of nitrogens with one attached hydrogen (secondary N) is 2. The summed E-state index contributed by atoms with van der Waals surface area (Å²) in [4.78, 5) is 16.8. The van der Waals surface area contributed by atoms with Crippen LogP contribution in [0, 0.1) is 4.77 Å². The third-order valence-corrected chi connectivity index (χ3v) is 2.50. The average Bonchev–Trinajstić information content (AvgIpc) is 2.27. The van der Waals surface area contributed by atoms with Crippen LogP contribution in [-0.2, 0) is 0 Å². The van der Waals surface area contributed by atoms with E-state index in [0.717, 1.165) is 11.3 Å². The van der Waals surface area contributed by atoms with E-state index in [4.69, 9.17) is 17.0 Å². The topological polar surface area (TPSA) is 57.9 Å². The van der Waals surface area contributed by atoms with E-state index < -0.39 is 0 Å². The van der Waals surface area contributed by atoms with Crippen molar-refractivity contribution in [3.8, 4) is 17.0 Å². The van der Waals surface area contributed by atoms with E-state index in [1.54, 1.807) is 0 Å². The standard InChI is InChI=1S/C13H14N2O2S/c1-8(2)17-10-5-3-9(4-6-10)11-7-12(16)15-13(18)14-11/h3-8H,1-2H3,(H2,14,15,16,18). The number of rotatable bonds is 3. The van der Waals surface area contributed by atoms with E-state index in [9.17, 15) is 4.79 Å². The number of hydrogen-bond acceptors (Lipinski definition) is 3. The highest BCUT2D eigenvalue weighted by atomic mass is 32.1. The fourth-order valence-corrected chi connectivity index (χ4v) is 1.82. The van der Waals surface area contributed by atoms with Crippen LogP contribution < -0.4 is 10.3 Å². The normalized spacial score (nSPS) is 10.6. The van der Waals surface area contributed by atoms with Crippen LogP contribution in [0.3, 0.4) is 0 Å². The van der Waals surface area contributed by atoms with Gasteiger partial charge in [0.05, 0.1) is 11.8 Å². The molecule has 4 nitrogen and oxygen atoms in total. The Hall–Kier alpha value is -1.88. The summed E-state index contributed by atoms with van der Waals surface area (Å²) in [6, 6.07) is 8.99. The molecule has 0 aliphatic carbocycles. The second-order valence-corrected chi connectivity index (χ2v) is 4.60. The van der Waals surface area contributed by atoms with Crippen LogP contribution in [0.2, 0.25) is 0 Å². The zero-order valence-corrected chi connectivity index (χ0v) is 11.0. The van der Waals surface area contributed by atoms with Crippen LogP contribution in [0.1, 0.15) is 13.8 Å². The van der Waals surface area contributed by atoms with E-state index in [-0.39, 0.29) is 11.7 Å². The molecule has 2 aromatic rings. The van der Waals surface area contributed by atoms with Gasteiger partial charge in [-0.2, -0.15) is 0 Å². The fourth-order valence-electron chi connectivity index (χ4n) is 1.61. The summed E-state index contributed by atoms with van der Waals surface area (Å²) >= 11 is 4.93. The van der Waals surface area contributed by atoms with Gasteiger partial charge in [-0.15, -0.1) is 0 Å². The zero-order chi connectivity index (χ0) is 13.1. The van der Waals surface area contributed by atoms with Crippen molar-refractivity contribution in [1.82, 2.24) is 9.97 Å². The lowest BCUT2D eigenvalue weighted by Gasteiger charge is -2.10. The molecule has 0 fully saturated rings. The smallest absolute Gasteiger partial charge is 0.252 e. The molecule has 0 bridgehead atoms. The molecule has 0 saturated heterocycles. The van der Waals surface area contributed by atoms with Gasteiger partial charge in [0.2, 0.25) is 0 Å². The van der Waals surface area contributed by atoms with Gasteiger partial charge in [0.1, 0.15) is 5.75 Å². The largest absolute Gasteiger partial charge is 0.491 e. The van der Waals surface area contributed by atoms with Crippen LogP contribution in [0.5, 0.6) is 5.75 Å². The highest BCUT2D eigenvalue weighted by Gasteiger charge is 2.01. The molecule has 0 unspecified atom stereocenters. The molecule has 1 aromatic heterocycles. The van der Waals surface area contributed by atoms with E-state index in [1.165, 1.54) is 6.07 Å². The molecule has 94 valence electrons. The Bertz CT molecular complexity index is 613. The van der Waals surface area contributed by atoms with Gasteiger partial charge in [-0.1, -0.05) is 0 Å². The van der Waals surface area contributed by atoms with E-state index in [0.29, 0.717) is 10.5 Å². The summed E-state index contributed by atoms with van der Waals surface area (Å²) in [5.41, 5.74) is 1.37. The predicted octanol–water partition coefficient (Wildman–Crippen LogP) is 2.89. The Kier molecular flexibility index (Phi) is 3.62. The first kappa shape index (κ1) is 12.6. The first-order valence-corrected chi connectivity index (χ1v) is 6.06. The summed E-state index contributed by atoms with van der Waals surface area (Å²) in [5, 5.41) is 0. The lowest BCUT2D eigenvalue weighted by molar-refractivity contribution is 0.242. The molecule has 0 radical (unpaired) electrons. The van der Waals surface area contributed by atoms with Gasteiger partial charge in [-0.3, -0.25) is 9.78 Å². The summed E-state index contributed by atoms with van der Waals surface area (Å²) in [5.74, 6) is 0.803. The van der Waals surface area contributed by atoms with Gasteiger partial charge in [0, 0.05) is 6.07 Å². The second-order valence-electron chi connectivity index (χ2n) is 4.19. The molecule has 1 aromatic carbocycles. The van der Waals surface area contributed by atoms with Crippen molar-refractivity contribution in [2.24, 2.45) is 0 Å². The second kappa shape index (κ2) is 5.18. The molecule has 0 aliphatic rings. The molecule has 0 spiro atoms. The zero-order valence-electron chi connectivity index (χ0n) is 10.2. The highest BCUT2D eigenvalue weighted by Crippen LogP contribution is 2.20. The van der Waals surface area contributed by atoms with Crippen LogP contribution in [0.4, 0.5) is 0 Å². The van der Waals surface area contributed by atoms with E-state index >= 15 is 0 Å². The Labute approximate surface area is 110 Å². The van der Waals surface area contributed by atoms with Crippen molar-refractivity contribution in [3.63, 3.8) is 0 Å². The van der Waals surface area contributed by atoms with Gasteiger partial charge < -0.3 is 9.72 Å². The van der Waals surface area contributed by atoms with Crippen molar-refractivity contribution in [2.45, 2.75) is 20.0 Å². The third kappa shape index (κ3) is 3.07. The summed E-state index contributed by atoms with van der Waals surface area (Å²) in [7, 11) is 0. The number of hydrogen-bond donors (Lipinski definition) is 2. The highest BCUT2D eigenvalue weighted by molar-refractivity contribution is 7.71. The Morgan fingerprint density at radius 1 is 1.17 bits per heavy atom. The van der Waals surface area contributed by atoms with E-state index in [1.807, 2.05) is 38.1 Å². The van der Waals surface area contributed by atoms with Gasteiger partial charge in [-0.05, 0) is 55.9 Å². The summed E-state index contributed by atoms with van der Waals surface area (Å²) < 4.78 is 5.87. The van der Waals surface area contributed by atoms with Crippen molar-refractivity contribution in [3.05, 3.63) is 45.5 Å². The molecule has 2 rings (SSSR count). The Morgan fingerprint density at radius 2 is 1.83 bits per heavy atom. The van der Waals surface area contributed by atoms with Crippen LogP contribution in [-0.4, -0.2) is 16.1 Å². The van der Waals surface area contributed by atoms with E-state index in [2.05, 4.69) is 9.97 Å². The van der Waals surface area contributed by atoms with Gasteiger partial charge >= 0.3 is 0 Å². The fraction of sp³-hybridized carbons (Fsp3) is 0.231. The minimum absolute atomic E-state index is 0.140. The van der Waals surface area contributed by atoms with Crippen molar-refractivity contribution < 1.29 is 4.74 Å². The van der Waals surface area contributed by atoms with Crippen LogP contribution >= 0.6 is 12.2 Å². The van der Waals surface area contributed by atoms with Crippen LogP contribution in [0.15, 0.2) is 35.1 Å². The first-order valence-electron chi connectivity index (χ1n) is 5.65. The third-order valence-electron chi connectivity index (χ3n) is 2.30. The average molecular weight is 262 g/mol. The summed E-state index contributed by atoms with van der Waals surface area (Å²) in [6.45, 7) is 3.95. The number of aromatic nitrogens is 2. The molecule has 0 saturated carbocycles. The molecule has 2 N–H and O–H groups in total. The van der Waals surface area contributed by atoms with Crippen molar-refractivity contribution in [2.75, 3.05) is 0 Å². The minimum atomic E-state index is -0.212. The lowest BCUT2D eigenvalue weighted by atomic mass is 10.1. The SMILES string of the molecule is CC(C)Oc1ccc(-c2cc(=O)[nH]c(=S)[nH]2)cc1. The van der Waals surface area contributed by atoms with Crippen molar-refractivity contribution >= 4 is 12.2 Å². The Balaban J connectivity index is 2.34. The molecule has 5 heteroatoms. The van der Waals surface area contributed by atoms with Gasteiger partial charge in [-0.25, -0.2) is 0 Å². The molecule has 0 aliphatic heterocycles. The predicted molar refractivity (Wildman–Crippen MR) is 73.4 cm³/mol.